The zero-order valence-electron chi connectivity index (χ0n) is 14.7. The Balaban J connectivity index is 1.55. The summed E-state index contributed by atoms with van der Waals surface area (Å²) in [5.74, 6) is 0.146. The van der Waals surface area contributed by atoms with Crippen molar-refractivity contribution in [3.05, 3.63) is 66.5 Å². The van der Waals surface area contributed by atoms with Gasteiger partial charge in [-0.2, -0.15) is 0 Å². The molecule has 0 atom stereocenters. The maximum Gasteiger partial charge on any atom is 0.260 e. The minimum Gasteiger partial charge on any atom is -0.298 e. The van der Waals surface area contributed by atoms with E-state index in [2.05, 4.69) is 20.3 Å². The maximum absolute atomic E-state index is 12.4. The van der Waals surface area contributed by atoms with Crippen LogP contribution in [0.15, 0.2) is 65.8 Å². The van der Waals surface area contributed by atoms with Crippen molar-refractivity contribution in [2.45, 2.75) is 4.90 Å². The minimum absolute atomic E-state index is 0.214. The van der Waals surface area contributed by atoms with Gasteiger partial charge in [0.2, 0.25) is 0 Å². The zero-order chi connectivity index (χ0) is 19.7. The van der Waals surface area contributed by atoms with Crippen molar-refractivity contribution in [2.75, 3.05) is 11.6 Å². The van der Waals surface area contributed by atoms with Crippen LogP contribution in [-0.4, -0.2) is 35.5 Å². The number of benzene rings is 2. The van der Waals surface area contributed by atoms with Crippen LogP contribution in [0.3, 0.4) is 0 Å². The number of amides is 1. The summed E-state index contributed by atoms with van der Waals surface area (Å²) in [6.07, 6.45) is 4.07. The van der Waals surface area contributed by atoms with E-state index in [-0.39, 0.29) is 10.8 Å². The third-order valence-corrected chi connectivity index (χ3v) is 6.00. The lowest BCUT2D eigenvalue weighted by molar-refractivity contribution is 0.102. The number of anilines is 1. The molecule has 1 amide bonds. The van der Waals surface area contributed by atoms with E-state index >= 15 is 0 Å². The normalized spacial score (nSPS) is 11.5. The van der Waals surface area contributed by atoms with Crippen LogP contribution in [0.25, 0.3) is 21.6 Å². The maximum atomic E-state index is 12.4. The highest BCUT2D eigenvalue weighted by molar-refractivity contribution is 7.90. The topological polar surface area (TPSA) is 102 Å². The van der Waals surface area contributed by atoms with Crippen molar-refractivity contribution in [3.8, 4) is 11.4 Å². The molecule has 0 saturated carbocycles. The first-order valence-electron chi connectivity index (χ1n) is 8.19. The second-order valence-electron chi connectivity index (χ2n) is 6.04. The van der Waals surface area contributed by atoms with E-state index < -0.39 is 9.84 Å². The number of nitrogens with one attached hydrogen (secondary N) is 1. The van der Waals surface area contributed by atoms with Gasteiger partial charge in [0.25, 0.3) is 5.91 Å². The third kappa shape index (κ3) is 3.75. The molecule has 1 N–H and O–H groups in total. The third-order valence-electron chi connectivity index (χ3n) is 3.95. The van der Waals surface area contributed by atoms with Crippen molar-refractivity contribution in [3.63, 3.8) is 0 Å². The molecule has 4 aromatic rings. The van der Waals surface area contributed by atoms with E-state index in [0.717, 1.165) is 11.8 Å². The SMILES string of the molecule is CS(=O)(=O)c1ccc2nc(NC(=O)c3cnc(-c4ccccc4)nc3)sc2c1. The molecule has 2 aromatic carbocycles. The lowest BCUT2D eigenvalue weighted by atomic mass is 10.2. The van der Waals surface area contributed by atoms with Gasteiger partial charge in [-0.05, 0) is 18.2 Å². The average molecular weight is 410 g/mol. The first kappa shape index (κ1) is 18.2. The van der Waals surface area contributed by atoms with Crippen LogP contribution in [0.4, 0.5) is 5.13 Å². The van der Waals surface area contributed by atoms with Crippen LogP contribution < -0.4 is 5.32 Å². The molecule has 28 heavy (non-hydrogen) atoms. The molecule has 140 valence electrons. The molecule has 0 radical (unpaired) electrons. The molecule has 2 aromatic heterocycles. The number of aromatic nitrogens is 3. The molecule has 0 aliphatic rings. The second kappa shape index (κ2) is 7.10. The summed E-state index contributed by atoms with van der Waals surface area (Å²) in [5, 5.41) is 3.08. The number of fused-ring (bicyclic) bond motifs is 1. The van der Waals surface area contributed by atoms with Gasteiger partial charge in [0.15, 0.2) is 20.8 Å². The number of hydrogen-bond donors (Lipinski definition) is 1. The lowest BCUT2D eigenvalue weighted by Crippen LogP contribution is -2.12. The quantitative estimate of drug-likeness (QED) is 0.553. The molecule has 0 bridgehead atoms. The fourth-order valence-electron chi connectivity index (χ4n) is 2.54. The van der Waals surface area contributed by atoms with E-state index in [9.17, 15) is 13.2 Å². The number of nitrogens with zero attached hydrogens (tertiary/aromatic N) is 3. The highest BCUT2D eigenvalue weighted by Crippen LogP contribution is 2.28. The van der Waals surface area contributed by atoms with E-state index in [4.69, 9.17) is 0 Å². The Labute approximate surface area is 165 Å². The van der Waals surface area contributed by atoms with Crippen LogP contribution >= 0.6 is 11.3 Å². The summed E-state index contributed by atoms with van der Waals surface area (Å²) < 4.78 is 24.0. The van der Waals surface area contributed by atoms with Gasteiger partial charge in [-0.25, -0.2) is 23.4 Å². The molecular formula is C19H14N4O3S2. The van der Waals surface area contributed by atoms with Crippen LogP contribution in [0.2, 0.25) is 0 Å². The van der Waals surface area contributed by atoms with Gasteiger partial charge in [-0.15, -0.1) is 0 Å². The smallest absolute Gasteiger partial charge is 0.260 e. The molecule has 0 aliphatic heterocycles. The summed E-state index contributed by atoms with van der Waals surface area (Å²) in [7, 11) is -3.30. The average Bonchev–Trinajstić information content (AvgIpc) is 3.09. The fraction of sp³-hybridized carbons (Fsp3) is 0.0526. The molecule has 0 spiro atoms. The number of thiazole rings is 1. The fourth-order valence-corrected chi connectivity index (χ4v) is 4.16. The molecular weight excluding hydrogens is 396 g/mol. The summed E-state index contributed by atoms with van der Waals surface area (Å²) in [6, 6.07) is 14.1. The zero-order valence-corrected chi connectivity index (χ0v) is 16.3. The number of hydrogen-bond acceptors (Lipinski definition) is 7. The Hall–Kier alpha value is -3.17. The number of carbonyl (C=O) groups is 1. The molecule has 0 aliphatic carbocycles. The molecule has 4 rings (SSSR count). The largest absolute Gasteiger partial charge is 0.298 e. The molecule has 0 unspecified atom stereocenters. The molecule has 7 nitrogen and oxygen atoms in total. The van der Waals surface area contributed by atoms with Crippen molar-refractivity contribution in [1.29, 1.82) is 0 Å². The number of rotatable bonds is 4. The van der Waals surface area contributed by atoms with Crippen LogP contribution in [0.1, 0.15) is 10.4 Å². The predicted molar refractivity (Wildman–Crippen MR) is 108 cm³/mol. The van der Waals surface area contributed by atoms with Crippen LogP contribution in [0, 0.1) is 0 Å². The predicted octanol–water partition coefficient (Wildman–Crippen LogP) is 3.41. The molecule has 2 heterocycles. The number of sulfone groups is 1. The van der Waals surface area contributed by atoms with E-state index in [1.807, 2.05) is 30.3 Å². The molecule has 9 heteroatoms. The Kier molecular flexibility index (Phi) is 4.62. The highest BCUT2D eigenvalue weighted by atomic mass is 32.2. The van der Waals surface area contributed by atoms with E-state index in [1.165, 1.54) is 29.8 Å². The first-order valence-corrected chi connectivity index (χ1v) is 10.9. The van der Waals surface area contributed by atoms with E-state index in [1.54, 1.807) is 12.1 Å². The highest BCUT2D eigenvalue weighted by Gasteiger charge is 2.14. The van der Waals surface area contributed by atoms with Crippen molar-refractivity contribution < 1.29 is 13.2 Å². The van der Waals surface area contributed by atoms with Gasteiger partial charge >= 0.3 is 0 Å². The summed E-state index contributed by atoms with van der Waals surface area (Å²) in [5.41, 5.74) is 1.78. The second-order valence-corrected chi connectivity index (χ2v) is 9.08. The minimum atomic E-state index is -3.30. The Morgan fingerprint density at radius 1 is 1.04 bits per heavy atom. The summed E-state index contributed by atoms with van der Waals surface area (Å²) in [4.78, 5) is 25.5. The Morgan fingerprint density at radius 3 is 2.43 bits per heavy atom. The van der Waals surface area contributed by atoms with Gasteiger partial charge in [-0.1, -0.05) is 41.7 Å². The van der Waals surface area contributed by atoms with Gasteiger partial charge < -0.3 is 0 Å². The van der Waals surface area contributed by atoms with E-state index in [0.29, 0.717) is 26.7 Å². The Morgan fingerprint density at radius 2 is 1.75 bits per heavy atom. The van der Waals surface area contributed by atoms with Crippen LogP contribution in [-0.2, 0) is 9.84 Å². The van der Waals surface area contributed by atoms with Crippen LogP contribution in [0.5, 0.6) is 0 Å². The summed E-state index contributed by atoms with van der Waals surface area (Å²) >= 11 is 1.20. The van der Waals surface area contributed by atoms with Crippen molar-refractivity contribution >= 4 is 42.4 Å². The molecule has 0 saturated heterocycles. The van der Waals surface area contributed by atoms with Gasteiger partial charge in [0.05, 0.1) is 20.7 Å². The molecule has 0 fully saturated rings. The van der Waals surface area contributed by atoms with Crippen molar-refractivity contribution in [1.82, 2.24) is 15.0 Å². The monoisotopic (exact) mass is 410 g/mol. The van der Waals surface area contributed by atoms with Crippen molar-refractivity contribution in [2.24, 2.45) is 0 Å². The lowest BCUT2D eigenvalue weighted by Gasteiger charge is -2.03. The van der Waals surface area contributed by atoms with Gasteiger partial charge in [0, 0.05) is 24.2 Å². The first-order chi connectivity index (χ1) is 13.4. The Bertz CT molecular complexity index is 1270. The van der Waals surface area contributed by atoms with Gasteiger partial charge in [-0.3, -0.25) is 10.1 Å². The number of carbonyl (C=O) groups excluding carboxylic acids is 1. The summed E-state index contributed by atoms with van der Waals surface area (Å²) in [6.45, 7) is 0. The standard InChI is InChI=1S/C19H14N4O3S2/c1-28(25,26)14-7-8-15-16(9-14)27-19(22-15)23-18(24)13-10-20-17(21-11-13)12-5-3-2-4-6-12/h2-11H,1H3,(H,22,23,24). The van der Waals surface area contributed by atoms with Gasteiger partial charge in [0.1, 0.15) is 0 Å².